The standard InChI is InChI=1S/C23H28ClF2NO/c1-27(2)15-18-13-17(12-16-6-8-19(25)9-7-16)10-11-23(18,28)14-20-21(24)4-3-5-22(20)26/h3-9,17-18,28H,10-15H2,1-2H3. The van der Waals surface area contributed by atoms with E-state index in [1.165, 1.54) is 18.2 Å². The summed E-state index contributed by atoms with van der Waals surface area (Å²) >= 11 is 6.22. The first kappa shape index (κ1) is 21.2. The van der Waals surface area contributed by atoms with Crippen molar-refractivity contribution < 1.29 is 13.9 Å². The minimum atomic E-state index is -0.991. The second-order valence-corrected chi connectivity index (χ2v) is 8.82. The molecule has 2 aromatic carbocycles. The predicted octanol–water partition coefficient (Wildman–Crippen LogP) is 5.11. The molecule has 0 aromatic heterocycles. The van der Waals surface area contributed by atoms with E-state index >= 15 is 0 Å². The number of benzene rings is 2. The van der Waals surface area contributed by atoms with Crippen LogP contribution in [0.4, 0.5) is 8.78 Å². The third kappa shape index (κ3) is 5.11. The number of hydrogen-bond acceptors (Lipinski definition) is 2. The van der Waals surface area contributed by atoms with Crippen molar-refractivity contribution in [2.45, 2.75) is 37.7 Å². The fraction of sp³-hybridized carbons (Fsp3) is 0.478. The summed E-state index contributed by atoms with van der Waals surface area (Å²) in [6.45, 7) is 0.725. The lowest BCUT2D eigenvalue weighted by atomic mass is 9.67. The highest BCUT2D eigenvalue weighted by molar-refractivity contribution is 6.31. The van der Waals surface area contributed by atoms with Crippen molar-refractivity contribution in [2.24, 2.45) is 11.8 Å². The Hall–Kier alpha value is -1.49. The van der Waals surface area contributed by atoms with Gasteiger partial charge >= 0.3 is 0 Å². The Labute approximate surface area is 171 Å². The molecule has 0 amide bonds. The minimum Gasteiger partial charge on any atom is -0.389 e. The van der Waals surface area contributed by atoms with Crippen molar-refractivity contribution in [1.29, 1.82) is 0 Å². The summed E-state index contributed by atoms with van der Waals surface area (Å²) in [6.07, 6.45) is 3.38. The van der Waals surface area contributed by atoms with Gasteiger partial charge in [0.1, 0.15) is 11.6 Å². The van der Waals surface area contributed by atoms with Gasteiger partial charge in [0, 0.05) is 29.5 Å². The molecule has 0 saturated heterocycles. The Balaban J connectivity index is 1.77. The zero-order valence-electron chi connectivity index (χ0n) is 16.5. The van der Waals surface area contributed by atoms with Gasteiger partial charge in [-0.25, -0.2) is 8.78 Å². The molecule has 0 spiro atoms. The first-order valence-electron chi connectivity index (χ1n) is 9.81. The molecule has 1 fully saturated rings. The Kier molecular flexibility index (Phi) is 6.74. The molecule has 0 heterocycles. The van der Waals surface area contributed by atoms with Crippen LogP contribution in [0.25, 0.3) is 0 Å². The molecule has 1 N–H and O–H groups in total. The summed E-state index contributed by atoms with van der Waals surface area (Å²) in [7, 11) is 3.97. The van der Waals surface area contributed by atoms with Crippen molar-refractivity contribution in [1.82, 2.24) is 4.90 Å². The van der Waals surface area contributed by atoms with Crippen LogP contribution in [0.1, 0.15) is 30.4 Å². The van der Waals surface area contributed by atoms with Crippen molar-refractivity contribution in [3.05, 3.63) is 70.2 Å². The summed E-state index contributed by atoms with van der Waals surface area (Å²) < 4.78 is 27.5. The molecular formula is C23H28ClF2NO. The van der Waals surface area contributed by atoms with E-state index in [9.17, 15) is 13.9 Å². The lowest BCUT2D eigenvalue weighted by Crippen LogP contribution is -2.49. The van der Waals surface area contributed by atoms with E-state index < -0.39 is 5.60 Å². The van der Waals surface area contributed by atoms with Crippen LogP contribution >= 0.6 is 11.6 Å². The molecule has 0 radical (unpaired) electrons. The van der Waals surface area contributed by atoms with Gasteiger partial charge in [-0.3, -0.25) is 0 Å². The highest BCUT2D eigenvalue weighted by Crippen LogP contribution is 2.42. The van der Waals surface area contributed by atoms with Crippen LogP contribution in [0.15, 0.2) is 42.5 Å². The predicted molar refractivity (Wildman–Crippen MR) is 110 cm³/mol. The lowest BCUT2D eigenvalue weighted by molar-refractivity contribution is -0.0690. The van der Waals surface area contributed by atoms with Gasteiger partial charge in [0.15, 0.2) is 0 Å². The summed E-state index contributed by atoms with van der Waals surface area (Å²) in [5.41, 5.74) is 0.514. The zero-order valence-corrected chi connectivity index (χ0v) is 17.2. The van der Waals surface area contributed by atoms with E-state index in [-0.39, 0.29) is 24.0 Å². The van der Waals surface area contributed by atoms with Gasteiger partial charge in [-0.15, -0.1) is 0 Å². The number of aliphatic hydroxyl groups is 1. The van der Waals surface area contributed by atoms with Gasteiger partial charge in [0.25, 0.3) is 0 Å². The van der Waals surface area contributed by atoms with Crippen molar-refractivity contribution in [2.75, 3.05) is 20.6 Å². The Morgan fingerprint density at radius 1 is 1.14 bits per heavy atom. The first-order chi connectivity index (χ1) is 13.3. The van der Waals surface area contributed by atoms with Crippen molar-refractivity contribution in [3.8, 4) is 0 Å². The molecular weight excluding hydrogens is 380 g/mol. The van der Waals surface area contributed by atoms with Crippen molar-refractivity contribution in [3.63, 3.8) is 0 Å². The molecule has 5 heteroatoms. The summed E-state index contributed by atoms with van der Waals surface area (Å²) in [5, 5.41) is 11.9. The maximum Gasteiger partial charge on any atom is 0.127 e. The normalized spacial score (nSPS) is 25.2. The Morgan fingerprint density at radius 2 is 1.86 bits per heavy atom. The molecule has 1 aliphatic rings. The SMILES string of the molecule is CN(C)CC1CC(Cc2ccc(F)cc2)CCC1(O)Cc1c(F)cccc1Cl. The van der Waals surface area contributed by atoms with Gasteiger partial charge < -0.3 is 10.0 Å². The maximum atomic E-state index is 14.3. The average molecular weight is 408 g/mol. The quantitative estimate of drug-likeness (QED) is 0.719. The monoisotopic (exact) mass is 407 g/mol. The smallest absolute Gasteiger partial charge is 0.127 e. The number of halogens is 3. The van der Waals surface area contributed by atoms with E-state index in [1.807, 2.05) is 26.2 Å². The van der Waals surface area contributed by atoms with Crippen LogP contribution in [-0.2, 0) is 12.8 Å². The molecule has 0 bridgehead atoms. The molecule has 3 atom stereocenters. The molecule has 2 nitrogen and oxygen atoms in total. The molecule has 152 valence electrons. The van der Waals surface area contributed by atoms with Crippen LogP contribution in [0.5, 0.6) is 0 Å². The summed E-state index contributed by atoms with van der Waals surface area (Å²) in [5.74, 6) is -0.170. The third-order valence-electron chi connectivity index (χ3n) is 5.93. The van der Waals surface area contributed by atoms with E-state index in [4.69, 9.17) is 11.6 Å². The van der Waals surface area contributed by atoms with Crippen molar-refractivity contribution >= 4 is 11.6 Å². The number of rotatable bonds is 6. The summed E-state index contributed by atoms with van der Waals surface area (Å²) in [6, 6.07) is 11.3. The van der Waals surface area contributed by atoms with Crippen LogP contribution in [0.3, 0.4) is 0 Å². The van der Waals surface area contributed by atoms with E-state index in [2.05, 4.69) is 4.90 Å². The topological polar surface area (TPSA) is 23.5 Å². The third-order valence-corrected chi connectivity index (χ3v) is 6.29. The maximum absolute atomic E-state index is 14.3. The lowest BCUT2D eigenvalue weighted by Gasteiger charge is -2.44. The van der Waals surface area contributed by atoms with Crippen LogP contribution < -0.4 is 0 Å². The largest absolute Gasteiger partial charge is 0.389 e. The van der Waals surface area contributed by atoms with Gasteiger partial charge in [-0.2, -0.15) is 0 Å². The van der Waals surface area contributed by atoms with E-state index in [0.717, 1.165) is 31.4 Å². The van der Waals surface area contributed by atoms with Crippen LogP contribution in [0.2, 0.25) is 5.02 Å². The number of hydrogen-bond donors (Lipinski definition) is 1. The van der Waals surface area contributed by atoms with Gasteiger partial charge in [0.05, 0.1) is 5.60 Å². The highest BCUT2D eigenvalue weighted by Gasteiger charge is 2.42. The molecule has 0 aliphatic heterocycles. The molecule has 1 aliphatic carbocycles. The number of nitrogens with zero attached hydrogens (tertiary/aromatic N) is 1. The van der Waals surface area contributed by atoms with E-state index in [1.54, 1.807) is 12.1 Å². The minimum absolute atomic E-state index is 0.0115. The zero-order chi connectivity index (χ0) is 20.3. The second-order valence-electron chi connectivity index (χ2n) is 8.41. The van der Waals surface area contributed by atoms with E-state index in [0.29, 0.717) is 22.9 Å². The van der Waals surface area contributed by atoms with Gasteiger partial charge in [-0.1, -0.05) is 29.8 Å². The fourth-order valence-electron chi connectivity index (χ4n) is 4.46. The van der Waals surface area contributed by atoms with Crippen LogP contribution in [0, 0.1) is 23.5 Å². The Bertz CT molecular complexity index is 775. The molecule has 2 aromatic rings. The Morgan fingerprint density at radius 3 is 2.50 bits per heavy atom. The summed E-state index contributed by atoms with van der Waals surface area (Å²) in [4.78, 5) is 2.07. The highest BCUT2D eigenvalue weighted by atomic mass is 35.5. The molecule has 28 heavy (non-hydrogen) atoms. The molecule has 1 saturated carbocycles. The second kappa shape index (κ2) is 8.89. The van der Waals surface area contributed by atoms with Gasteiger partial charge in [-0.05, 0) is 75.5 Å². The average Bonchev–Trinajstić information content (AvgIpc) is 2.63. The van der Waals surface area contributed by atoms with Gasteiger partial charge in [0.2, 0.25) is 0 Å². The molecule has 3 rings (SSSR count). The fourth-order valence-corrected chi connectivity index (χ4v) is 4.69. The first-order valence-corrected chi connectivity index (χ1v) is 10.2. The molecule has 3 unspecified atom stereocenters. The van der Waals surface area contributed by atoms with Crippen LogP contribution in [-0.4, -0.2) is 36.2 Å².